The normalized spacial score (nSPS) is 12.0. The average molecular weight is 359 g/mol. The summed E-state index contributed by atoms with van der Waals surface area (Å²) >= 11 is 0. The maximum Gasteiger partial charge on any atom is 0.501 e. The van der Waals surface area contributed by atoms with Crippen LogP contribution in [0.15, 0.2) is 53.4 Å². The molecule has 0 atom stereocenters. The van der Waals surface area contributed by atoms with Crippen molar-refractivity contribution in [2.75, 3.05) is 0 Å². The van der Waals surface area contributed by atoms with Crippen molar-refractivity contribution in [3.05, 3.63) is 69.8 Å². The van der Waals surface area contributed by atoms with Crippen molar-refractivity contribution in [2.45, 2.75) is 10.4 Å². The first kappa shape index (κ1) is 17.6. The molecule has 0 aliphatic rings. The van der Waals surface area contributed by atoms with E-state index in [0.29, 0.717) is 18.2 Å². The van der Waals surface area contributed by atoms with Gasteiger partial charge in [-0.05, 0) is 12.1 Å². The molecule has 2 aromatic carbocycles. The molecule has 0 aromatic heterocycles. The molecule has 126 valence electrons. The fourth-order valence-corrected chi connectivity index (χ4v) is 2.69. The Morgan fingerprint density at radius 3 is 2.12 bits per heavy atom. The van der Waals surface area contributed by atoms with Crippen LogP contribution in [-0.4, -0.2) is 24.6 Å². The van der Waals surface area contributed by atoms with Gasteiger partial charge in [0.05, 0.1) is 9.82 Å². The summed E-state index contributed by atoms with van der Waals surface area (Å²) in [5, 5.41) is 11.0. The molecule has 0 heterocycles. The van der Waals surface area contributed by atoms with Gasteiger partial charge in [-0.3, -0.25) is 14.9 Å². The van der Waals surface area contributed by atoms with Gasteiger partial charge >= 0.3 is 5.51 Å². The largest absolute Gasteiger partial charge is 0.501 e. The van der Waals surface area contributed by atoms with Crippen molar-refractivity contribution in [3.63, 3.8) is 0 Å². The SMILES string of the molecule is O=C(c1ccccc1)c1cc(S(=O)(=O)C(F)(F)F)ccc1[N+](=O)[O-]. The van der Waals surface area contributed by atoms with E-state index in [1.54, 1.807) is 6.07 Å². The van der Waals surface area contributed by atoms with Crippen molar-refractivity contribution in [1.29, 1.82) is 0 Å². The molecule has 0 amide bonds. The maximum atomic E-state index is 12.6. The number of carbonyl (C=O) groups excluding carboxylic acids is 1. The van der Waals surface area contributed by atoms with E-state index in [2.05, 4.69) is 0 Å². The molecule has 0 fully saturated rings. The molecule has 0 saturated carbocycles. The highest BCUT2D eigenvalue weighted by Crippen LogP contribution is 2.33. The summed E-state index contributed by atoms with van der Waals surface area (Å²) in [6, 6.07) is 8.46. The molecule has 10 heteroatoms. The number of ketones is 1. The fourth-order valence-electron chi connectivity index (χ4n) is 1.90. The van der Waals surface area contributed by atoms with Crippen LogP contribution in [0.1, 0.15) is 15.9 Å². The smallest absolute Gasteiger partial charge is 0.288 e. The van der Waals surface area contributed by atoms with Crippen LogP contribution in [0.2, 0.25) is 0 Å². The van der Waals surface area contributed by atoms with Crippen molar-refractivity contribution < 1.29 is 31.3 Å². The maximum absolute atomic E-state index is 12.6. The van der Waals surface area contributed by atoms with Gasteiger partial charge in [-0.2, -0.15) is 13.2 Å². The number of nitrogens with zero attached hydrogens (tertiary/aromatic N) is 1. The summed E-state index contributed by atoms with van der Waals surface area (Å²) in [4.78, 5) is 21.1. The predicted octanol–water partition coefficient (Wildman–Crippen LogP) is 3.12. The molecule has 0 N–H and O–H groups in total. The summed E-state index contributed by atoms with van der Waals surface area (Å²) in [6.45, 7) is 0. The van der Waals surface area contributed by atoms with Gasteiger partial charge in [-0.15, -0.1) is 0 Å². The van der Waals surface area contributed by atoms with Crippen LogP contribution in [0.5, 0.6) is 0 Å². The van der Waals surface area contributed by atoms with Gasteiger partial charge in [0.1, 0.15) is 5.56 Å². The first-order valence-electron chi connectivity index (χ1n) is 6.25. The van der Waals surface area contributed by atoms with E-state index >= 15 is 0 Å². The first-order chi connectivity index (χ1) is 11.1. The van der Waals surface area contributed by atoms with Gasteiger partial charge in [0, 0.05) is 11.6 Å². The number of hydrogen-bond donors (Lipinski definition) is 0. The van der Waals surface area contributed by atoms with Crippen molar-refractivity contribution in [1.82, 2.24) is 0 Å². The summed E-state index contributed by atoms with van der Waals surface area (Å²) in [6.07, 6.45) is 0. The van der Waals surface area contributed by atoms with E-state index in [1.165, 1.54) is 24.3 Å². The van der Waals surface area contributed by atoms with Crippen molar-refractivity contribution in [3.8, 4) is 0 Å². The average Bonchev–Trinajstić information content (AvgIpc) is 2.53. The van der Waals surface area contributed by atoms with E-state index in [4.69, 9.17) is 0 Å². The molecule has 0 radical (unpaired) electrons. The van der Waals surface area contributed by atoms with Crippen LogP contribution < -0.4 is 0 Å². The topological polar surface area (TPSA) is 94.3 Å². The van der Waals surface area contributed by atoms with Gasteiger partial charge in [0.2, 0.25) is 0 Å². The molecule has 24 heavy (non-hydrogen) atoms. The zero-order valence-corrected chi connectivity index (χ0v) is 12.5. The molecule has 0 unspecified atom stereocenters. The van der Waals surface area contributed by atoms with E-state index in [-0.39, 0.29) is 5.56 Å². The molecule has 0 aliphatic carbocycles. The van der Waals surface area contributed by atoms with E-state index in [1.807, 2.05) is 0 Å². The second kappa shape index (κ2) is 6.04. The van der Waals surface area contributed by atoms with E-state index in [0.717, 1.165) is 0 Å². The second-order valence-electron chi connectivity index (χ2n) is 4.58. The lowest BCUT2D eigenvalue weighted by Crippen LogP contribution is -2.23. The minimum absolute atomic E-state index is 0.0258. The minimum atomic E-state index is -5.73. The summed E-state index contributed by atoms with van der Waals surface area (Å²) in [5.41, 5.74) is -7.14. The lowest BCUT2D eigenvalue weighted by molar-refractivity contribution is -0.385. The van der Waals surface area contributed by atoms with Crippen molar-refractivity contribution >= 4 is 21.3 Å². The van der Waals surface area contributed by atoms with Gasteiger partial charge in [-0.25, -0.2) is 8.42 Å². The highest BCUT2D eigenvalue weighted by molar-refractivity contribution is 7.92. The molecular formula is C14H8F3NO5S. The van der Waals surface area contributed by atoms with Crippen LogP contribution in [0, 0.1) is 10.1 Å². The van der Waals surface area contributed by atoms with Crippen LogP contribution >= 0.6 is 0 Å². The van der Waals surface area contributed by atoms with Crippen molar-refractivity contribution in [2.24, 2.45) is 0 Å². The predicted molar refractivity (Wildman–Crippen MR) is 76.2 cm³/mol. The monoisotopic (exact) mass is 359 g/mol. The number of nitro groups is 1. The van der Waals surface area contributed by atoms with E-state index < -0.39 is 42.2 Å². The quantitative estimate of drug-likeness (QED) is 0.475. The zero-order valence-electron chi connectivity index (χ0n) is 11.6. The Kier molecular flexibility index (Phi) is 4.43. The summed E-state index contributed by atoms with van der Waals surface area (Å²) in [7, 11) is -5.73. The highest BCUT2D eigenvalue weighted by atomic mass is 32.2. The molecule has 2 rings (SSSR count). The van der Waals surface area contributed by atoms with Gasteiger partial charge in [-0.1, -0.05) is 30.3 Å². The minimum Gasteiger partial charge on any atom is -0.288 e. The fraction of sp³-hybridized carbons (Fsp3) is 0.0714. The molecule has 2 aromatic rings. The van der Waals surface area contributed by atoms with E-state index in [9.17, 15) is 36.5 Å². The zero-order chi connectivity index (χ0) is 18.1. The summed E-state index contributed by atoms with van der Waals surface area (Å²) in [5.74, 6) is -0.957. The Bertz CT molecular complexity index is 908. The standard InChI is InChI=1S/C14H8F3NO5S/c15-14(16,17)24(22,23)10-6-7-12(18(20)21)11(8-10)13(19)9-4-2-1-3-5-9/h1-8H. The number of benzene rings is 2. The number of carbonyl (C=O) groups is 1. The number of halogens is 3. The van der Waals surface area contributed by atoms with Gasteiger partial charge < -0.3 is 0 Å². The number of nitro benzene ring substituents is 1. The highest BCUT2D eigenvalue weighted by Gasteiger charge is 2.47. The molecule has 0 bridgehead atoms. The Morgan fingerprint density at radius 1 is 1.04 bits per heavy atom. The Balaban J connectivity index is 2.68. The number of hydrogen-bond acceptors (Lipinski definition) is 5. The molecule has 0 saturated heterocycles. The second-order valence-corrected chi connectivity index (χ2v) is 6.52. The molecular weight excluding hydrogens is 351 g/mol. The van der Waals surface area contributed by atoms with Crippen LogP contribution in [0.25, 0.3) is 0 Å². The lowest BCUT2D eigenvalue weighted by atomic mass is 10.0. The Morgan fingerprint density at radius 2 is 1.62 bits per heavy atom. The summed E-state index contributed by atoms with van der Waals surface area (Å²) < 4.78 is 60.8. The Hall–Kier alpha value is -2.75. The van der Waals surface area contributed by atoms with Gasteiger partial charge in [0.15, 0.2) is 5.78 Å². The third-order valence-electron chi connectivity index (χ3n) is 3.06. The molecule has 0 spiro atoms. The number of alkyl halides is 3. The van der Waals surface area contributed by atoms with Gasteiger partial charge in [0.25, 0.3) is 15.5 Å². The molecule has 0 aliphatic heterocycles. The molecule has 6 nitrogen and oxygen atoms in total. The first-order valence-corrected chi connectivity index (χ1v) is 7.73. The lowest BCUT2D eigenvalue weighted by Gasteiger charge is -2.09. The Labute approximate surface area is 133 Å². The third kappa shape index (κ3) is 3.13. The van der Waals surface area contributed by atoms with Crippen LogP contribution in [0.4, 0.5) is 18.9 Å². The van der Waals surface area contributed by atoms with Crippen LogP contribution in [-0.2, 0) is 9.84 Å². The van der Waals surface area contributed by atoms with Crippen LogP contribution in [0.3, 0.4) is 0 Å². The third-order valence-corrected chi connectivity index (χ3v) is 4.54. The number of sulfone groups is 1. The number of rotatable bonds is 4.